The Labute approximate surface area is 129 Å². The quantitative estimate of drug-likeness (QED) is 0.866. The standard InChI is InChI=1S/C15H19ClN2O3/c16-13-3-1-11(2-4-13)9-17-14(19)10-18-15(20)12-5-7-21-8-6-12/h1-4,12H,5-10H2,(H,17,19)(H,18,20). The summed E-state index contributed by atoms with van der Waals surface area (Å²) < 4.78 is 5.20. The molecule has 0 saturated carbocycles. The molecule has 0 aliphatic carbocycles. The van der Waals surface area contributed by atoms with Gasteiger partial charge >= 0.3 is 0 Å². The average molecular weight is 311 g/mol. The Balaban J connectivity index is 1.67. The predicted octanol–water partition coefficient (Wildman–Crippen LogP) is 1.50. The maximum absolute atomic E-state index is 11.9. The highest BCUT2D eigenvalue weighted by Crippen LogP contribution is 2.14. The molecule has 114 valence electrons. The lowest BCUT2D eigenvalue weighted by molar-refractivity contribution is -0.130. The highest BCUT2D eigenvalue weighted by atomic mass is 35.5. The highest BCUT2D eigenvalue weighted by molar-refractivity contribution is 6.30. The van der Waals surface area contributed by atoms with Gasteiger partial charge in [-0.3, -0.25) is 9.59 Å². The molecule has 0 aromatic heterocycles. The van der Waals surface area contributed by atoms with E-state index in [9.17, 15) is 9.59 Å². The topological polar surface area (TPSA) is 67.4 Å². The van der Waals surface area contributed by atoms with Crippen molar-refractivity contribution in [1.29, 1.82) is 0 Å². The van der Waals surface area contributed by atoms with E-state index in [1.807, 2.05) is 12.1 Å². The molecule has 5 nitrogen and oxygen atoms in total. The summed E-state index contributed by atoms with van der Waals surface area (Å²) >= 11 is 5.79. The Morgan fingerprint density at radius 2 is 1.81 bits per heavy atom. The molecular formula is C15H19ClN2O3. The highest BCUT2D eigenvalue weighted by Gasteiger charge is 2.21. The molecular weight excluding hydrogens is 292 g/mol. The van der Waals surface area contributed by atoms with Gasteiger partial charge in [0.15, 0.2) is 0 Å². The molecule has 21 heavy (non-hydrogen) atoms. The number of hydrogen-bond donors (Lipinski definition) is 2. The van der Waals surface area contributed by atoms with Crippen LogP contribution in [0.2, 0.25) is 5.02 Å². The van der Waals surface area contributed by atoms with Crippen molar-refractivity contribution in [3.05, 3.63) is 34.9 Å². The van der Waals surface area contributed by atoms with Crippen molar-refractivity contribution in [2.24, 2.45) is 5.92 Å². The number of rotatable bonds is 5. The first-order valence-electron chi connectivity index (χ1n) is 7.02. The van der Waals surface area contributed by atoms with Crippen LogP contribution in [0.5, 0.6) is 0 Å². The number of carbonyl (C=O) groups is 2. The molecule has 6 heteroatoms. The van der Waals surface area contributed by atoms with Crippen LogP contribution in [0.1, 0.15) is 18.4 Å². The summed E-state index contributed by atoms with van der Waals surface area (Å²) in [5, 5.41) is 6.09. The lowest BCUT2D eigenvalue weighted by Crippen LogP contribution is -2.40. The van der Waals surface area contributed by atoms with Gasteiger partial charge in [0.2, 0.25) is 11.8 Å². The van der Waals surface area contributed by atoms with E-state index in [4.69, 9.17) is 16.3 Å². The molecule has 0 spiro atoms. The molecule has 1 aromatic carbocycles. The Morgan fingerprint density at radius 1 is 1.14 bits per heavy atom. The first-order chi connectivity index (χ1) is 10.1. The molecule has 1 heterocycles. The van der Waals surface area contributed by atoms with Crippen LogP contribution in [0.15, 0.2) is 24.3 Å². The summed E-state index contributed by atoms with van der Waals surface area (Å²) in [5.41, 5.74) is 0.962. The van der Waals surface area contributed by atoms with Crippen LogP contribution in [-0.2, 0) is 20.9 Å². The summed E-state index contributed by atoms with van der Waals surface area (Å²) in [6, 6.07) is 7.25. The average Bonchev–Trinajstić information content (AvgIpc) is 2.53. The smallest absolute Gasteiger partial charge is 0.239 e. The van der Waals surface area contributed by atoms with Gasteiger partial charge in [0.25, 0.3) is 0 Å². The molecule has 1 aliphatic heterocycles. The first kappa shape index (κ1) is 15.8. The van der Waals surface area contributed by atoms with Gasteiger partial charge in [0.05, 0.1) is 6.54 Å². The van der Waals surface area contributed by atoms with Crippen LogP contribution in [0.3, 0.4) is 0 Å². The second-order valence-electron chi connectivity index (χ2n) is 5.01. The van der Waals surface area contributed by atoms with Crippen LogP contribution >= 0.6 is 11.6 Å². The van der Waals surface area contributed by atoms with Gasteiger partial charge in [0, 0.05) is 30.7 Å². The third-order valence-electron chi connectivity index (χ3n) is 3.42. The summed E-state index contributed by atoms with van der Waals surface area (Å²) in [7, 11) is 0. The van der Waals surface area contributed by atoms with E-state index in [0.29, 0.717) is 24.8 Å². The Bertz CT molecular complexity index is 484. The Hall–Kier alpha value is -1.59. The fourth-order valence-corrected chi connectivity index (χ4v) is 2.26. The molecule has 0 bridgehead atoms. The predicted molar refractivity (Wildman–Crippen MR) is 79.9 cm³/mol. The van der Waals surface area contributed by atoms with Crippen molar-refractivity contribution >= 4 is 23.4 Å². The van der Waals surface area contributed by atoms with Crippen LogP contribution in [0.25, 0.3) is 0 Å². The molecule has 2 amide bonds. The minimum atomic E-state index is -0.203. The number of hydrogen-bond acceptors (Lipinski definition) is 3. The van der Waals surface area contributed by atoms with Crippen molar-refractivity contribution < 1.29 is 14.3 Å². The summed E-state index contributed by atoms with van der Waals surface area (Å²) in [5.74, 6) is -0.312. The second kappa shape index (κ2) is 8.00. The van der Waals surface area contributed by atoms with E-state index >= 15 is 0 Å². The van der Waals surface area contributed by atoms with Crippen molar-refractivity contribution in [3.63, 3.8) is 0 Å². The van der Waals surface area contributed by atoms with Gasteiger partial charge in [-0.2, -0.15) is 0 Å². The minimum absolute atomic E-state index is 0.00375. The molecule has 0 atom stereocenters. The minimum Gasteiger partial charge on any atom is -0.381 e. The van der Waals surface area contributed by atoms with Crippen LogP contribution < -0.4 is 10.6 Å². The maximum atomic E-state index is 11.9. The summed E-state index contributed by atoms with van der Waals surface area (Å²) in [6.45, 7) is 1.65. The van der Waals surface area contributed by atoms with E-state index in [-0.39, 0.29) is 24.3 Å². The van der Waals surface area contributed by atoms with Crippen molar-refractivity contribution in [3.8, 4) is 0 Å². The number of carbonyl (C=O) groups excluding carboxylic acids is 2. The number of halogens is 1. The number of amides is 2. The Kier molecular flexibility index (Phi) is 6.02. The van der Waals surface area contributed by atoms with Gasteiger partial charge in [-0.1, -0.05) is 23.7 Å². The zero-order valence-corrected chi connectivity index (χ0v) is 12.5. The molecule has 0 unspecified atom stereocenters. The van der Waals surface area contributed by atoms with Gasteiger partial charge in [-0.05, 0) is 30.5 Å². The van der Waals surface area contributed by atoms with Crippen LogP contribution in [0, 0.1) is 5.92 Å². The van der Waals surface area contributed by atoms with Crippen molar-refractivity contribution in [1.82, 2.24) is 10.6 Å². The molecule has 1 saturated heterocycles. The molecule has 2 N–H and O–H groups in total. The molecule has 0 radical (unpaired) electrons. The SMILES string of the molecule is O=C(CNC(=O)C1CCOCC1)NCc1ccc(Cl)cc1. The maximum Gasteiger partial charge on any atom is 0.239 e. The fraction of sp³-hybridized carbons (Fsp3) is 0.467. The van der Waals surface area contributed by atoms with E-state index < -0.39 is 0 Å². The molecule has 1 fully saturated rings. The van der Waals surface area contributed by atoms with Gasteiger partial charge in [0.1, 0.15) is 0 Å². The normalized spacial score (nSPS) is 15.5. The number of benzene rings is 1. The van der Waals surface area contributed by atoms with Crippen molar-refractivity contribution in [2.45, 2.75) is 19.4 Å². The van der Waals surface area contributed by atoms with Gasteiger partial charge in [-0.25, -0.2) is 0 Å². The van der Waals surface area contributed by atoms with E-state index in [1.54, 1.807) is 12.1 Å². The van der Waals surface area contributed by atoms with E-state index in [0.717, 1.165) is 18.4 Å². The fourth-order valence-electron chi connectivity index (χ4n) is 2.14. The van der Waals surface area contributed by atoms with Crippen LogP contribution in [0.4, 0.5) is 0 Å². The van der Waals surface area contributed by atoms with Crippen LogP contribution in [-0.4, -0.2) is 31.6 Å². The van der Waals surface area contributed by atoms with Crippen molar-refractivity contribution in [2.75, 3.05) is 19.8 Å². The number of ether oxygens (including phenoxy) is 1. The van der Waals surface area contributed by atoms with Gasteiger partial charge < -0.3 is 15.4 Å². The monoisotopic (exact) mass is 310 g/mol. The third kappa shape index (κ3) is 5.36. The summed E-state index contributed by atoms with van der Waals surface area (Å²) in [4.78, 5) is 23.5. The summed E-state index contributed by atoms with van der Waals surface area (Å²) in [6.07, 6.45) is 1.44. The Morgan fingerprint density at radius 3 is 2.48 bits per heavy atom. The molecule has 1 aliphatic rings. The second-order valence-corrected chi connectivity index (χ2v) is 5.44. The number of nitrogens with one attached hydrogen (secondary N) is 2. The molecule has 1 aromatic rings. The first-order valence-corrected chi connectivity index (χ1v) is 7.39. The van der Waals surface area contributed by atoms with E-state index in [1.165, 1.54) is 0 Å². The largest absolute Gasteiger partial charge is 0.381 e. The third-order valence-corrected chi connectivity index (χ3v) is 3.67. The lowest BCUT2D eigenvalue weighted by atomic mass is 9.99. The molecule has 2 rings (SSSR count). The zero-order valence-electron chi connectivity index (χ0n) is 11.7. The van der Waals surface area contributed by atoms with Gasteiger partial charge in [-0.15, -0.1) is 0 Å². The lowest BCUT2D eigenvalue weighted by Gasteiger charge is -2.21. The zero-order chi connectivity index (χ0) is 15.1. The van der Waals surface area contributed by atoms with E-state index in [2.05, 4.69) is 10.6 Å².